The average Bonchev–Trinajstić information content (AvgIpc) is 3.13. The van der Waals surface area contributed by atoms with Crippen LogP contribution in [0.4, 0.5) is 8.78 Å². The highest BCUT2D eigenvalue weighted by atomic mass is 19.1. The Bertz CT molecular complexity index is 1280. The number of hydrogen-bond donors (Lipinski definition) is 1. The van der Waals surface area contributed by atoms with Gasteiger partial charge in [-0.3, -0.25) is 9.29 Å². The van der Waals surface area contributed by atoms with Crippen LogP contribution in [0.15, 0.2) is 53.9 Å². The molecule has 0 amide bonds. The van der Waals surface area contributed by atoms with E-state index in [1.165, 1.54) is 17.0 Å². The standard InChI is InChI=1S/C28H29F2N3O/c1-18-14-20(34-21-16-32(17-21)12-5-11-29)15-24(30)26(18)28-27-23(10-13-33(28)19-6-4-7-19)22-8-2-3-9-25(22)31-27/h2-4,8-9,14-15,21,28,31H,5-6,10-13,16-17H2,1H3/t28-/m1/s1. The number of H-pyrrole nitrogens is 1. The van der Waals surface area contributed by atoms with Crippen LogP contribution < -0.4 is 4.74 Å². The third kappa shape index (κ3) is 3.62. The number of likely N-dealkylation sites (tertiary alicyclic amines) is 1. The first kappa shape index (κ1) is 21.5. The molecule has 6 rings (SSSR count). The summed E-state index contributed by atoms with van der Waals surface area (Å²) in [4.78, 5) is 8.09. The van der Waals surface area contributed by atoms with Crippen LogP contribution >= 0.6 is 0 Å². The van der Waals surface area contributed by atoms with Crippen molar-refractivity contribution >= 4 is 10.9 Å². The fourth-order valence-electron chi connectivity index (χ4n) is 5.62. The minimum absolute atomic E-state index is 0.0287. The maximum absolute atomic E-state index is 15.8. The fraction of sp³-hybridized carbons (Fsp3) is 0.393. The summed E-state index contributed by atoms with van der Waals surface area (Å²) in [6.45, 7) is 4.78. The van der Waals surface area contributed by atoms with Crippen LogP contribution in [0, 0.1) is 12.7 Å². The molecule has 6 heteroatoms. The third-order valence-electron chi connectivity index (χ3n) is 7.36. The van der Waals surface area contributed by atoms with Crippen molar-refractivity contribution < 1.29 is 13.5 Å². The molecule has 3 aliphatic rings. The molecule has 1 aliphatic carbocycles. The lowest BCUT2D eigenvalue weighted by atomic mass is 9.88. The number of para-hydroxylation sites is 1. The van der Waals surface area contributed by atoms with Crippen LogP contribution in [-0.4, -0.2) is 53.7 Å². The van der Waals surface area contributed by atoms with E-state index in [-0.39, 0.29) is 24.6 Å². The zero-order valence-corrected chi connectivity index (χ0v) is 19.4. The lowest BCUT2D eigenvalue weighted by molar-refractivity contribution is 0.0182. The first-order chi connectivity index (χ1) is 16.6. The fourth-order valence-corrected chi connectivity index (χ4v) is 5.62. The van der Waals surface area contributed by atoms with E-state index in [0.29, 0.717) is 17.7 Å². The highest BCUT2D eigenvalue weighted by molar-refractivity contribution is 5.85. The van der Waals surface area contributed by atoms with E-state index in [2.05, 4.69) is 38.7 Å². The molecule has 3 aromatic rings. The van der Waals surface area contributed by atoms with Gasteiger partial charge in [0.25, 0.3) is 0 Å². The Morgan fingerprint density at radius 3 is 2.76 bits per heavy atom. The highest BCUT2D eigenvalue weighted by Gasteiger charge is 2.36. The van der Waals surface area contributed by atoms with Crippen molar-refractivity contribution in [1.29, 1.82) is 0 Å². The number of nitrogens with one attached hydrogen (secondary N) is 1. The van der Waals surface area contributed by atoms with E-state index in [4.69, 9.17) is 4.74 Å². The monoisotopic (exact) mass is 461 g/mol. The maximum atomic E-state index is 15.8. The van der Waals surface area contributed by atoms with Gasteiger partial charge in [-0.15, -0.1) is 5.73 Å². The molecule has 0 spiro atoms. The summed E-state index contributed by atoms with van der Waals surface area (Å²) >= 11 is 0. The number of rotatable bonds is 7. The molecular formula is C28H29F2N3O. The maximum Gasteiger partial charge on any atom is 0.132 e. The minimum Gasteiger partial charge on any atom is -0.488 e. The first-order valence-electron chi connectivity index (χ1n) is 12.2. The summed E-state index contributed by atoms with van der Waals surface area (Å²) in [6, 6.07) is 11.6. The van der Waals surface area contributed by atoms with Gasteiger partial charge in [0.05, 0.1) is 18.4 Å². The summed E-state index contributed by atoms with van der Waals surface area (Å²) in [5.74, 6) is 0.324. The molecule has 3 heterocycles. The SMILES string of the molecule is Cc1cc(OC2CN(CCCF)C2)cc(F)c1[C@@H]1c2[nH]c3ccccc3c2CCN1C1=C=CC1. The molecule has 0 bridgehead atoms. The summed E-state index contributed by atoms with van der Waals surface area (Å²) in [6.07, 6.45) is 4.40. The molecule has 2 aromatic carbocycles. The van der Waals surface area contributed by atoms with Gasteiger partial charge in [0.1, 0.15) is 17.7 Å². The van der Waals surface area contributed by atoms with Crippen molar-refractivity contribution in [2.24, 2.45) is 0 Å². The number of fused-ring (bicyclic) bond motifs is 3. The molecule has 4 nitrogen and oxygen atoms in total. The second-order valence-electron chi connectivity index (χ2n) is 9.59. The molecule has 0 saturated carbocycles. The van der Waals surface area contributed by atoms with Crippen molar-refractivity contribution in [2.75, 3.05) is 32.9 Å². The normalized spacial score (nSPS) is 20.1. The van der Waals surface area contributed by atoms with E-state index < -0.39 is 0 Å². The number of aryl methyl sites for hydroxylation is 1. The number of nitrogens with zero attached hydrogens (tertiary/aromatic N) is 2. The Balaban J connectivity index is 1.33. The number of hydrogen-bond acceptors (Lipinski definition) is 3. The van der Waals surface area contributed by atoms with Gasteiger partial charge >= 0.3 is 0 Å². The van der Waals surface area contributed by atoms with Crippen LogP contribution in [0.25, 0.3) is 10.9 Å². The lowest BCUT2D eigenvalue weighted by Gasteiger charge is -2.40. The Hall–Kier alpha value is -3.08. The minimum atomic E-state index is -0.295. The van der Waals surface area contributed by atoms with Gasteiger partial charge in [0.15, 0.2) is 0 Å². The second kappa shape index (κ2) is 8.61. The molecule has 34 heavy (non-hydrogen) atoms. The smallest absolute Gasteiger partial charge is 0.132 e. The third-order valence-corrected chi connectivity index (χ3v) is 7.36. The zero-order valence-electron chi connectivity index (χ0n) is 19.4. The average molecular weight is 462 g/mol. The predicted molar refractivity (Wildman–Crippen MR) is 129 cm³/mol. The quantitative estimate of drug-likeness (QED) is 0.476. The number of ether oxygens (including phenoxy) is 1. The second-order valence-corrected chi connectivity index (χ2v) is 9.59. The number of alkyl halides is 1. The molecule has 1 N–H and O–H groups in total. The van der Waals surface area contributed by atoms with Crippen LogP contribution in [0.3, 0.4) is 0 Å². The van der Waals surface area contributed by atoms with Crippen molar-refractivity contribution in [1.82, 2.24) is 14.8 Å². The summed E-state index contributed by atoms with van der Waals surface area (Å²) < 4.78 is 34.3. The van der Waals surface area contributed by atoms with E-state index >= 15 is 4.39 Å². The van der Waals surface area contributed by atoms with Gasteiger partial charge in [0.2, 0.25) is 0 Å². The highest BCUT2D eigenvalue weighted by Crippen LogP contribution is 2.43. The Labute approximate surface area is 198 Å². The molecule has 1 atom stereocenters. The molecular weight excluding hydrogens is 432 g/mol. The summed E-state index contributed by atoms with van der Waals surface area (Å²) in [5, 5.41) is 1.22. The summed E-state index contributed by atoms with van der Waals surface area (Å²) in [5.41, 5.74) is 9.48. The largest absolute Gasteiger partial charge is 0.488 e. The van der Waals surface area contributed by atoms with Crippen molar-refractivity contribution in [3.05, 3.63) is 82.1 Å². The summed E-state index contributed by atoms with van der Waals surface area (Å²) in [7, 11) is 0. The molecule has 1 fully saturated rings. The van der Waals surface area contributed by atoms with E-state index in [1.807, 2.05) is 25.1 Å². The van der Waals surface area contributed by atoms with Crippen LogP contribution in [-0.2, 0) is 6.42 Å². The number of halogens is 2. The molecule has 0 radical (unpaired) electrons. The molecule has 2 aliphatic heterocycles. The zero-order chi connectivity index (χ0) is 23.2. The van der Waals surface area contributed by atoms with Gasteiger partial charge in [-0.1, -0.05) is 18.2 Å². The van der Waals surface area contributed by atoms with Crippen molar-refractivity contribution in [2.45, 2.75) is 38.3 Å². The van der Waals surface area contributed by atoms with Crippen LogP contribution in [0.2, 0.25) is 0 Å². The molecule has 176 valence electrons. The first-order valence-corrected chi connectivity index (χ1v) is 12.2. The predicted octanol–water partition coefficient (Wildman–Crippen LogP) is 5.43. The van der Waals surface area contributed by atoms with E-state index in [9.17, 15) is 4.39 Å². The van der Waals surface area contributed by atoms with Crippen molar-refractivity contribution in [3.8, 4) is 5.75 Å². The lowest BCUT2D eigenvalue weighted by Crippen LogP contribution is -2.53. The van der Waals surface area contributed by atoms with Gasteiger partial charge in [-0.2, -0.15) is 0 Å². The Kier molecular flexibility index (Phi) is 5.43. The number of benzene rings is 2. The molecule has 1 aromatic heterocycles. The van der Waals surface area contributed by atoms with Crippen LogP contribution in [0.1, 0.15) is 41.3 Å². The molecule has 0 unspecified atom stereocenters. The van der Waals surface area contributed by atoms with E-state index in [0.717, 1.165) is 61.5 Å². The Morgan fingerprint density at radius 1 is 1.21 bits per heavy atom. The van der Waals surface area contributed by atoms with Crippen molar-refractivity contribution in [3.63, 3.8) is 0 Å². The van der Waals surface area contributed by atoms with Gasteiger partial charge in [-0.05, 0) is 49.1 Å². The van der Waals surface area contributed by atoms with Gasteiger partial charge < -0.3 is 14.6 Å². The van der Waals surface area contributed by atoms with Gasteiger partial charge in [0, 0.05) is 60.8 Å². The Morgan fingerprint density at radius 2 is 2.03 bits per heavy atom. The van der Waals surface area contributed by atoms with E-state index in [1.54, 1.807) is 0 Å². The van der Waals surface area contributed by atoms with Gasteiger partial charge in [-0.25, -0.2) is 4.39 Å². The number of aromatic nitrogens is 1. The van der Waals surface area contributed by atoms with Crippen LogP contribution in [0.5, 0.6) is 5.75 Å². The molecule has 1 saturated heterocycles. The number of aromatic amines is 1. The topological polar surface area (TPSA) is 31.5 Å².